The Balaban J connectivity index is 0.000000174. The molecule has 6 aromatic carbocycles. The maximum atomic E-state index is 9.32. The lowest BCUT2D eigenvalue weighted by molar-refractivity contribution is -0.193. The lowest BCUT2D eigenvalue weighted by Crippen LogP contribution is -2.43. The highest BCUT2D eigenvalue weighted by atomic mass is 35.5. The van der Waals surface area contributed by atoms with Crippen molar-refractivity contribution in [3.8, 4) is 39.9 Å². The summed E-state index contributed by atoms with van der Waals surface area (Å²) in [4.78, 5) is 22.3. The van der Waals surface area contributed by atoms with Crippen molar-refractivity contribution in [2.45, 2.75) is 55.8 Å². The van der Waals surface area contributed by atoms with Crippen molar-refractivity contribution in [3.63, 3.8) is 0 Å². The van der Waals surface area contributed by atoms with Gasteiger partial charge in [0, 0.05) is 44.3 Å². The molecule has 69 heavy (non-hydrogen) atoms. The largest absolute Gasteiger partial charge is 0.489 e. The second-order valence-electron chi connectivity index (χ2n) is 16.8. The Morgan fingerprint density at radius 2 is 1.29 bits per heavy atom. The molecule has 0 aromatic heterocycles. The Labute approximate surface area is 407 Å². The van der Waals surface area contributed by atoms with Gasteiger partial charge in [-0.05, 0) is 80.9 Å². The van der Waals surface area contributed by atoms with E-state index in [1.54, 1.807) is 24.7 Å². The summed E-state index contributed by atoms with van der Waals surface area (Å²) in [5.74, 6) is 1.90. The highest BCUT2D eigenvalue weighted by Crippen LogP contribution is 2.50. The lowest BCUT2D eigenvalue weighted by atomic mass is 9.81. The van der Waals surface area contributed by atoms with Crippen LogP contribution in [0.4, 0.5) is 11.4 Å². The molecule has 0 radical (unpaired) electrons. The van der Waals surface area contributed by atoms with E-state index < -0.39 is 5.72 Å². The number of hydrogen-bond acceptors (Lipinski definition) is 12. The van der Waals surface area contributed by atoms with Gasteiger partial charge in [0.1, 0.15) is 23.7 Å². The zero-order valence-electron chi connectivity index (χ0n) is 37.9. The van der Waals surface area contributed by atoms with Crippen molar-refractivity contribution in [3.05, 3.63) is 190 Å². The minimum Gasteiger partial charge on any atom is -0.489 e. The zero-order chi connectivity index (χ0) is 47.2. The summed E-state index contributed by atoms with van der Waals surface area (Å²) in [7, 11) is 3.19. The van der Waals surface area contributed by atoms with Crippen LogP contribution in [0.5, 0.6) is 11.5 Å². The number of aliphatic imine (C=N–C) groups is 2. The van der Waals surface area contributed by atoms with Crippen LogP contribution in [0.3, 0.4) is 0 Å². The van der Waals surface area contributed by atoms with E-state index in [2.05, 4.69) is 45.0 Å². The average molecular weight is 941 g/mol. The molecule has 1 spiro atoms. The highest BCUT2D eigenvalue weighted by molar-refractivity contribution is 6.05. The molecule has 0 bridgehead atoms. The Morgan fingerprint density at radius 1 is 0.754 bits per heavy atom. The fourth-order valence-electron chi connectivity index (χ4n) is 9.56. The molecular weight excluding hydrogens is 892 g/mol. The number of nitrogens with zero attached hydrogens (tertiary/aromatic N) is 6. The van der Waals surface area contributed by atoms with Gasteiger partial charge in [-0.2, -0.15) is 10.3 Å². The minimum atomic E-state index is -0.989. The number of nitrogens with two attached hydrogens (primary N) is 1. The third kappa shape index (κ3) is 9.89. The second kappa shape index (κ2) is 21.2. The van der Waals surface area contributed by atoms with Crippen LogP contribution >= 0.6 is 12.4 Å². The van der Waals surface area contributed by atoms with Gasteiger partial charge < -0.3 is 29.9 Å². The van der Waals surface area contributed by atoms with E-state index >= 15 is 0 Å². The molecule has 0 saturated heterocycles. The van der Waals surface area contributed by atoms with Gasteiger partial charge in [-0.3, -0.25) is 0 Å². The number of guanidine groups is 1. The first-order valence-electron chi connectivity index (χ1n) is 22.2. The van der Waals surface area contributed by atoms with Crippen molar-refractivity contribution in [2.24, 2.45) is 15.7 Å². The summed E-state index contributed by atoms with van der Waals surface area (Å²) in [6.45, 7) is 17.0. The van der Waals surface area contributed by atoms with Crippen LogP contribution in [-0.4, -0.2) is 61.5 Å². The van der Waals surface area contributed by atoms with Crippen LogP contribution in [0.15, 0.2) is 143 Å². The molecule has 0 aliphatic carbocycles. The van der Waals surface area contributed by atoms with Gasteiger partial charge in [-0.25, -0.2) is 30.1 Å². The lowest BCUT2D eigenvalue weighted by Gasteiger charge is -2.41. The van der Waals surface area contributed by atoms with Crippen molar-refractivity contribution in [1.82, 2.24) is 10.5 Å². The Bertz CT molecular complexity index is 3050. The smallest absolute Gasteiger partial charge is 0.221 e. The molecule has 15 heteroatoms. The maximum absolute atomic E-state index is 9.32. The van der Waals surface area contributed by atoms with Crippen LogP contribution in [0.2, 0.25) is 0 Å². The standard InChI is InChI=1S/C27H24N4O3.C26H19N3O2.CH5NO.ClH/c1-29-20-8-5-7-17(12-20)18-10-11-24-23(13-18)27(30-26(28)31(2)34-27)14-25(33-24)22-16-32-15-19-6-3-4-9-21(19)22;1-28-20-7-4-6-17(11-20)18-9-10-25-22(12-18)24(29-16-27)13-26(31-25)23-15-30-14-19-5-2-3-8-21(19)23;1-2-3;/h3-13,22,25H,14-16H2,2H3,(H2,28,30);2-12,23,26H,13-15H2;2-3H,1H3;1H. The van der Waals surface area contributed by atoms with E-state index in [1.807, 2.05) is 97.2 Å². The number of halogens is 1. The maximum Gasteiger partial charge on any atom is 0.221 e. The molecule has 4 N–H and O–H groups in total. The van der Waals surface area contributed by atoms with E-state index in [4.69, 9.17) is 52.9 Å². The van der Waals surface area contributed by atoms with E-state index in [0.29, 0.717) is 56.6 Å². The summed E-state index contributed by atoms with van der Waals surface area (Å²) >= 11 is 0. The van der Waals surface area contributed by atoms with Crippen LogP contribution in [0.1, 0.15) is 58.1 Å². The molecule has 5 heterocycles. The SMILES string of the molecule is CNO.Cl.[C-]#[N+]c1cccc(-c2ccc3c(c2)C(=NC#N)CC(C2COCc4ccccc42)O3)c1.[C-]#[N+]c1cccc(-c2ccc3c(c2)C2(CC(C4COCc5ccccc54)O3)N=C(N)N(C)O2)c1. The van der Waals surface area contributed by atoms with Crippen LogP contribution in [0, 0.1) is 24.6 Å². The number of ether oxygens (including phenoxy) is 4. The molecule has 5 aliphatic heterocycles. The van der Waals surface area contributed by atoms with E-state index in [9.17, 15) is 5.26 Å². The number of hydrogen-bond donors (Lipinski definition) is 3. The monoisotopic (exact) mass is 940 g/mol. The molecule has 0 saturated carbocycles. The van der Waals surface area contributed by atoms with E-state index in [1.165, 1.54) is 34.4 Å². The molecule has 5 unspecified atom stereocenters. The molecule has 0 amide bonds. The topological polar surface area (TPSA) is 165 Å². The van der Waals surface area contributed by atoms with Crippen LogP contribution in [-0.2, 0) is 33.3 Å². The molecule has 5 aliphatic rings. The number of nitrogens with one attached hydrogen (secondary N) is 1. The minimum absolute atomic E-state index is 0. The fraction of sp³-hybridized carbons (Fsp3) is 0.241. The van der Waals surface area contributed by atoms with Gasteiger partial charge in [0.2, 0.25) is 17.9 Å². The van der Waals surface area contributed by atoms with Crippen molar-refractivity contribution >= 4 is 35.5 Å². The molecule has 6 aromatic rings. The van der Waals surface area contributed by atoms with E-state index in [0.717, 1.165) is 50.6 Å². The van der Waals surface area contributed by atoms with Gasteiger partial charge in [0.15, 0.2) is 11.4 Å². The number of hydroxylamine groups is 3. The van der Waals surface area contributed by atoms with Crippen molar-refractivity contribution in [2.75, 3.05) is 27.3 Å². The van der Waals surface area contributed by atoms with Crippen molar-refractivity contribution in [1.29, 1.82) is 5.26 Å². The first-order valence-corrected chi connectivity index (χ1v) is 22.2. The first kappa shape index (κ1) is 47.9. The number of nitriles is 1. The predicted octanol–water partition coefficient (Wildman–Crippen LogP) is 10.4. The summed E-state index contributed by atoms with van der Waals surface area (Å²) < 4.78 is 24.8. The van der Waals surface area contributed by atoms with Gasteiger partial charge in [-0.1, -0.05) is 97.1 Å². The first-order chi connectivity index (χ1) is 33.2. The van der Waals surface area contributed by atoms with Gasteiger partial charge in [0.25, 0.3) is 0 Å². The molecule has 14 nitrogen and oxygen atoms in total. The number of fused-ring (bicyclic) bond motifs is 5. The second-order valence-corrected chi connectivity index (χ2v) is 16.8. The molecule has 5 atom stereocenters. The summed E-state index contributed by atoms with van der Waals surface area (Å²) in [5, 5.41) is 18.2. The quantitative estimate of drug-likeness (QED) is 0.0880. The molecule has 348 valence electrons. The third-order valence-corrected chi connectivity index (χ3v) is 12.7. The zero-order valence-corrected chi connectivity index (χ0v) is 38.7. The predicted molar refractivity (Wildman–Crippen MR) is 264 cm³/mol. The molecule has 0 fully saturated rings. The Hall–Kier alpha value is -7.58. The summed E-state index contributed by atoms with van der Waals surface area (Å²) in [6, 6.07) is 43.6. The Morgan fingerprint density at radius 3 is 1.86 bits per heavy atom. The van der Waals surface area contributed by atoms with Crippen molar-refractivity contribution < 1.29 is 29.0 Å². The number of benzene rings is 6. The number of rotatable bonds is 4. The highest BCUT2D eigenvalue weighted by Gasteiger charge is 2.51. The van der Waals surface area contributed by atoms with Gasteiger partial charge in [0.05, 0.1) is 50.8 Å². The average Bonchev–Trinajstić information content (AvgIpc) is 3.67. The normalized spacial score (nSPS) is 21.9. The van der Waals surface area contributed by atoms with Gasteiger partial charge >= 0.3 is 0 Å². The summed E-state index contributed by atoms with van der Waals surface area (Å²) in [6.07, 6.45) is 2.64. The summed E-state index contributed by atoms with van der Waals surface area (Å²) in [5.41, 5.74) is 19.2. The molecular formula is C54H49ClN8O6. The van der Waals surface area contributed by atoms with Crippen LogP contribution in [0.25, 0.3) is 31.9 Å². The van der Waals surface area contributed by atoms with Gasteiger partial charge in [-0.15, -0.1) is 12.4 Å². The third-order valence-electron chi connectivity index (χ3n) is 12.7. The van der Waals surface area contributed by atoms with Crippen LogP contribution < -0.4 is 20.7 Å². The molecule has 11 rings (SSSR count). The van der Waals surface area contributed by atoms with E-state index in [-0.39, 0.29) is 36.5 Å². The Kier molecular flexibility index (Phi) is 14.7. The fourth-order valence-corrected chi connectivity index (χ4v) is 9.56.